The number of imide groups is 1. The summed E-state index contributed by atoms with van der Waals surface area (Å²) in [4.78, 5) is 24.9. The van der Waals surface area contributed by atoms with Gasteiger partial charge in [0.25, 0.3) is 11.8 Å². The Morgan fingerprint density at radius 3 is 1.95 bits per heavy atom. The molecule has 0 aromatic heterocycles. The minimum atomic E-state index is -0.329. The van der Waals surface area contributed by atoms with E-state index in [1.165, 1.54) is 4.90 Å². The molecule has 0 radical (unpaired) electrons. The van der Waals surface area contributed by atoms with E-state index < -0.39 is 0 Å². The van der Waals surface area contributed by atoms with Crippen molar-refractivity contribution < 1.29 is 14.7 Å². The monoisotopic (exact) mass is 625 g/mol. The summed E-state index contributed by atoms with van der Waals surface area (Å²) in [6, 6.07) is 3.70. The van der Waals surface area contributed by atoms with Crippen LogP contribution in [0.1, 0.15) is 5.56 Å². The first-order valence-electron chi connectivity index (χ1n) is 5.41. The lowest BCUT2D eigenvalue weighted by Crippen LogP contribution is -2.33. The Hall–Kier alpha value is 0.320. The molecule has 0 saturated heterocycles. The number of phenolic OH excluding ortho intramolecular Hbond substituents is 1. The molecule has 0 bridgehead atoms. The topological polar surface area (TPSA) is 57.6 Å². The van der Waals surface area contributed by atoms with Crippen LogP contribution in [0.25, 0.3) is 0 Å². The van der Waals surface area contributed by atoms with Gasteiger partial charge in [-0.25, -0.2) is 0 Å². The first-order chi connectivity index (χ1) is 9.32. The molecule has 1 aromatic rings. The van der Waals surface area contributed by atoms with E-state index in [1.54, 1.807) is 0 Å². The quantitative estimate of drug-likeness (QED) is 0.413. The Labute approximate surface area is 159 Å². The third-order valence-corrected chi connectivity index (χ3v) is 6.41. The molecule has 2 amide bonds. The molecule has 0 spiro atoms. The summed E-state index contributed by atoms with van der Waals surface area (Å²) in [5, 5.41) is 9.71. The fourth-order valence-corrected chi connectivity index (χ4v) is 4.39. The molecule has 0 fully saturated rings. The van der Waals surface area contributed by atoms with E-state index in [9.17, 15) is 14.7 Å². The van der Waals surface area contributed by atoms with Crippen LogP contribution in [0.2, 0.25) is 0 Å². The van der Waals surface area contributed by atoms with Gasteiger partial charge in [0.2, 0.25) is 0 Å². The van der Waals surface area contributed by atoms with Gasteiger partial charge >= 0.3 is 0 Å². The molecule has 0 unspecified atom stereocenters. The second-order valence-electron chi connectivity index (χ2n) is 4.05. The number of phenols is 1. The van der Waals surface area contributed by atoms with Crippen molar-refractivity contribution in [3.8, 4) is 5.75 Å². The molecule has 106 valence electrons. The number of benzene rings is 1. The molecular formula is C12H7Br2I2NO3. The summed E-state index contributed by atoms with van der Waals surface area (Å²) in [6.45, 7) is 0.304. The number of rotatable bonds is 3. The van der Waals surface area contributed by atoms with E-state index in [2.05, 4.69) is 77.0 Å². The van der Waals surface area contributed by atoms with Crippen LogP contribution in [0.3, 0.4) is 0 Å². The average Bonchev–Trinajstić information content (AvgIpc) is 2.58. The van der Waals surface area contributed by atoms with Gasteiger partial charge in [0.15, 0.2) is 0 Å². The van der Waals surface area contributed by atoms with Gasteiger partial charge in [-0.3, -0.25) is 14.5 Å². The molecule has 0 aliphatic carbocycles. The second kappa shape index (κ2) is 6.61. The van der Waals surface area contributed by atoms with E-state index in [-0.39, 0.29) is 26.5 Å². The first-order valence-corrected chi connectivity index (χ1v) is 9.15. The summed E-state index contributed by atoms with van der Waals surface area (Å²) >= 11 is 10.3. The summed E-state index contributed by atoms with van der Waals surface area (Å²) in [5.74, 6) is -0.398. The van der Waals surface area contributed by atoms with E-state index in [4.69, 9.17) is 0 Å². The minimum Gasteiger partial charge on any atom is -0.506 e. The Morgan fingerprint density at radius 1 is 1.05 bits per heavy atom. The number of amides is 2. The van der Waals surface area contributed by atoms with Gasteiger partial charge in [0.05, 0.1) is 7.14 Å². The van der Waals surface area contributed by atoms with E-state index in [0.29, 0.717) is 13.0 Å². The summed E-state index contributed by atoms with van der Waals surface area (Å²) in [5.41, 5.74) is 0.969. The third kappa shape index (κ3) is 3.22. The van der Waals surface area contributed by atoms with E-state index >= 15 is 0 Å². The highest BCUT2D eigenvalue weighted by Gasteiger charge is 2.35. The lowest BCUT2D eigenvalue weighted by Gasteiger charge is -2.14. The summed E-state index contributed by atoms with van der Waals surface area (Å²) in [7, 11) is 0. The molecule has 1 aliphatic heterocycles. The molecule has 1 aliphatic rings. The molecule has 1 aromatic carbocycles. The van der Waals surface area contributed by atoms with Crippen molar-refractivity contribution in [3.63, 3.8) is 0 Å². The maximum Gasteiger partial charge on any atom is 0.269 e. The van der Waals surface area contributed by atoms with Crippen molar-refractivity contribution in [1.29, 1.82) is 0 Å². The Balaban J connectivity index is 2.11. The number of carbonyl (C=O) groups is 2. The van der Waals surface area contributed by atoms with Crippen LogP contribution in [-0.2, 0) is 16.0 Å². The number of aromatic hydroxyl groups is 1. The van der Waals surface area contributed by atoms with Gasteiger partial charge in [0.1, 0.15) is 14.7 Å². The number of halogens is 4. The second-order valence-corrected chi connectivity index (χ2v) is 7.96. The fraction of sp³-hybridized carbons (Fsp3) is 0.167. The molecule has 1 N–H and O–H groups in total. The van der Waals surface area contributed by atoms with Gasteiger partial charge in [-0.15, -0.1) is 0 Å². The highest BCUT2D eigenvalue weighted by molar-refractivity contribution is 14.1. The van der Waals surface area contributed by atoms with E-state index in [1.807, 2.05) is 12.1 Å². The number of nitrogens with zero attached hydrogens (tertiary/aromatic N) is 1. The van der Waals surface area contributed by atoms with Crippen LogP contribution < -0.4 is 0 Å². The molecule has 2 rings (SSSR count). The van der Waals surface area contributed by atoms with Gasteiger partial charge in [-0.05, 0) is 101 Å². The highest BCUT2D eigenvalue weighted by atomic mass is 127. The van der Waals surface area contributed by atoms with Crippen molar-refractivity contribution in [3.05, 3.63) is 33.8 Å². The molecule has 0 saturated carbocycles. The molecule has 1 heterocycles. The number of carbonyl (C=O) groups excluding carboxylic acids is 2. The SMILES string of the molecule is O=C1C(Br)=C(Br)C(=O)N1CCc1cc(I)c(O)c(I)c1. The predicted molar refractivity (Wildman–Crippen MR) is 98.8 cm³/mol. The van der Waals surface area contributed by atoms with Crippen LogP contribution in [-0.4, -0.2) is 28.4 Å². The van der Waals surface area contributed by atoms with Gasteiger partial charge in [-0.2, -0.15) is 0 Å². The number of hydrogen-bond acceptors (Lipinski definition) is 3. The van der Waals surface area contributed by atoms with Crippen LogP contribution >= 0.6 is 77.0 Å². The van der Waals surface area contributed by atoms with Gasteiger partial charge in [-0.1, -0.05) is 0 Å². The molecular weight excluding hydrogens is 620 g/mol. The van der Waals surface area contributed by atoms with Crippen molar-refractivity contribution >= 4 is 88.9 Å². The average molecular weight is 627 g/mol. The molecule has 8 heteroatoms. The largest absolute Gasteiger partial charge is 0.506 e. The van der Waals surface area contributed by atoms with Crippen molar-refractivity contribution in [2.24, 2.45) is 0 Å². The van der Waals surface area contributed by atoms with Gasteiger partial charge in [0, 0.05) is 6.54 Å². The number of hydrogen-bond donors (Lipinski definition) is 1. The summed E-state index contributed by atoms with van der Waals surface area (Å²) < 4.78 is 2.03. The highest BCUT2D eigenvalue weighted by Crippen LogP contribution is 2.30. The zero-order valence-electron chi connectivity index (χ0n) is 9.79. The van der Waals surface area contributed by atoms with Crippen molar-refractivity contribution in [2.75, 3.05) is 6.54 Å². The van der Waals surface area contributed by atoms with Crippen LogP contribution in [0, 0.1) is 7.14 Å². The Kier molecular flexibility index (Phi) is 5.52. The zero-order valence-corrected chi connectivity index (χ0v) is 17.3. The molecule has 4 nitrogen and oxygen atoms in total. The first kappa shape index (κ1) is 16.7. The summed E-state index contributed by atoms with van der Waals surface area (Å²) in [6.07, 6.45) is 0.546. The Morgan fingerprint density at radius 2 is 1.50 bits per heavy atom. The van der Waals surface area contributed by atoms with Crippen LogP contribution in [0.5, 0.6) is 5.75 Å². The van der Waals surface area contributed by atoms with Gasteiger partial charge < -0.3 is 5.11 Å². The van der Waals surface area contributed by atoms with Crippen molar-refractivity contribution in [2.45, 2.75) is 6.42 Å². The minimum absolute atomic E-state index is 0.260. The lowest BCUT2D eigenvalue weighted by molar-refractivity contribution is -0.136. The standard InChI is InChI=1S/C12H7Br2I2NO3/c13-8-9(14)12(20)17(11(8)19)2-1-5-3-6(15)10(18)7(16)4-5/h3-4,18H,1-2H2. The van der Waals surface area contributed by atoms with E-state index in [0.717, 1.165) is 12.7 Å². The van der Waals surface area contributed by atoms with Crippen LogP contribution in [0.4, 0.5) is 0 Å². The lowest BCUT2D eigenvalue weighted by atomic mass is 10.1. The molecule has 0 atom stereocenters. The third-order valence-electron chi connectivity index (χ3n) is 2.76. The molecule has 20 heavy (non-hydrogen) atoms. The fourth-order valence-electron chi connectivity index (χ4n) is 1.72. The smallest absolute Gasteiger partial charge is 0.269 e. The zero-order chi connectivity index (χ0) is 15.0. The van der Waals surface area contributed by atoms with Crippen molar-refractivity contribution in [1.82, 2.24) is 4.90 Å². The maximum atomic E-state index is 11.9. The van der Waals surface area contributed by atoms with Crippen LogP contribution in [0.15, 0.2) is 21.1 Å². The maximum absolute atomic E-state index is 11.9. The Bertz CT molecular complexity index is 599. The predicted octanol–water partition coefficient (Wildman–Crippen LogP) is 3.51. The normalized spacial score (nSPS) is 15.5.